The van der Waals surface area contributed by atoms with Crippen LogP contribution in [0.5, 0.6) is 5.75 Å². The van der Waals surface area contributed by atoms with Crippen LogP contribution in [0.4, 0.5) is 5.69 Å². The lowest BCUT2D eigenvalue weighted by molar-refractivity contribution is 0.210. The summed E-state index contributed by atoms with van der Waals surface area (Å²) in [5.41, 5.74) is 2.92. The summed E-state index contributed by atoms with van der Waals surface area (Å²) in [5.74, 6) is 0.952. The minimum atomic E-state index is 0.185. The van der Waals surface area contributed by atoms with Crippen molar-refractivity contribution in [3.8, 4) is 11.8 Å². The summed E-state index contributed by atoms with van der Waals surface area (Å²) in [7, 11) is 0. The van der Waals surface area contributed by atoms with E-state index in [1.807, 2.05) is 36.4 Å². The van der Waals surface area contributed by atoms with Crippen molar-refractivity contribution in [1.82, 2.24) is 0 Å². The van der Waals surface area contributed by atoms with E-state index in [4.69, 9.17) is 10.00 Å². The van der Waals surface area contributed by atoms with Crippen molar-refractivity contribution in [1.29, 1.82) is 5.26 Å². The molecule has 2 aromatic carbocycles. The first-order chi connectivity index (χ1) is 11.2. The first kappa shape index (κ1) is 15.4. The predicted molar refractivity (Wildman–Crippen MR) is 92.5 cm³/mol. The van der Waals surface area contributed by atoms with E-state index in [0.29, 0.717) is 11.7 Å². The number of ether oxygens (including phenoxy) is 1. The number of anilines is 1. The van der Waals surface area contributed by atoms with Crippen LogP contribution in [0, 0.1) is 11.3 Å². The molecule has 0 spiro atoms. The maximum absolute atomic E-state index is 8.85. The number of benzene rings is 2. The van der Waals surface area contributed by atoms with Gasteiger partial charge in [-0.2, -0.15) is 5.26 Å². The molecule has 1 aliphatic rings. The predicted octanol–water partition coefficient (Wildman–Crippen LogP) is 5.05. The molecular formula is C20H22N2O. The van der Waals surface area contributed by atoms with Crippen molar-refractivity contribution in [3.05, 3.63) is 59.7 Å². The molecule has 1 saturated carbocycles. The van der Waals surface area contributed by atoms with Gasteiger partial charge in [-0.25, -0.2) is 0 Å². The summed E-state index contributed by atoms with van der Waals surface area (Å²) >= 11 is 0. The fourth-order valence-corrected chi connectivity index (χ4v) is 3.01. The Kier molecular flexibility index (Phi) is 4.83. The third-order valence-corrected chi connectivity index (χ3v) is 4.38. The van der Waals surface area contributed by atoms with Gasteiger partial charge in [-0.15, -0.1) is 0 Å². The molecule has 0 saturated heterocycles. The summed E-state index contributed by atoms with van der Waals surface area (Å²) in [6.45, 7) is 2.12. The third-order valence-electron chi connectivity index (χ3n) is 4.38. The highest BCUT2D eigenvalue weighted by Gasteiger charge is 2.16. The zero-order valence-electron chi connectivity index (χ0n) is 13.5. The second kappa shape index (κ2) is 7.19. The monoisotopic (exact) mass is 306 g/mol. The Morgan fingerprint density at radius 1 is 1.04 bits per heavy atom. The van der Waals surface area contributed by atoms with Crippen molar-refractivity contribution in [2.45, 2.75) is 44.8 Å². The Hall–Kier alpha value is -2.47. The van der Waals surface area contributed by atoms with E-state index in [0.717, 1.165) is 17.0 Å². The maximum atomic E-state index is 8.85. The Balaban J connectivity index is 1.59. The van der Waals surface area contributed by atoms with E-state index in [2.05, 4.69) is 30.4 Å². The maximum Gasteiger partial charge on any atom is 0.119 e. The normalized spacial score (nSPS) is 15.8. The second-order valence-electron chi connectivity index (χ2n) is 6.15. The van der Waals surface area contributed by atoms with Crippen molar-refractivity contribution in [3.63, 3.8) is 0 Å². The smallest absolute Gasteiger partial charge is 0.119 e. The number of hydrogen-bond donors (Lipinski definition) is 1. The van der Waals surface area contributed by atoms with Crippen LogP contribution < -0.4 is 10.1 Å². The summed E-state index contributed by atoms with van der Waals surface area (Å²) in [6.07, 6.45) is 5.32. The fourth-order valence-electron chi connectivity index (χ4n) is 3.01. The van der Waals surface area contributed by atoms with Crippen molar-refractivity contribution in [2.75, 3.05) is 5.32 Å². The molecule has 0 aliphatic heterocycles. The van der Waals surface area contributed by atoms with E-state index < -0.39 is 0 Å². The zero-order valence-corrected chi connectivity index (χ0v) is 13.5. The van der Waals surface area contributed by atoms with Crippen LogP contribution in [0.25, 0.3) is 0 Å². The van der Waals surface area contributed by atoms with Crippen molar-refractivity contribution < 1.29 is 4.74 Å². The fraction of sp³-hybridized carbons (Fsp3) is 0.350. The molecule has 2 aromatic rings. The highest BCUT2D eigenvalue weighted by atomic mass is 16.5. The van der Waals surface area contributed by atoms with E-state index in [9.17, 15) is 0 Å². The quantitative estimate of drug-likeness (QED) is 0.840. The number of nitrogens with zero attached hydrogens (tertiary/aromatic N) is 1. The van der Waals surface area contributed by atoms with Crippen LogP contribution in [-0.2, 0) is 0 Å². The van der Waals surface area contributed by atoms with Gasteiger partial charge in [0.1, 0.15) is 5.75 Å². The van der Waals surface area contributed by atoms with Gasteiger partial charge in [-0.05, 0) is 74.6 Å². The summed E-state index contributed by atoms with van der Waals surface area (Å²) in [6, 6.07) is 18.2. The summed E-state index contributed by atoms with van der Waals surface area (Å²) in [4.78, 5) is 0. The number of rotatable bonds is 5. The topological polar surface area (TPSA) is 45.0 Å². The van der Waals surface area contributed by atoms with Gasteiger partial charge in [-0.1, -0.05) is 12.1 Å². The van der Waals surface area contributed by atoms with E-state index in [1.165, 1.54) is 25.7 Å². The van der Waals surface area contributed by atoms with E-state index in [-0.39, 0.29) is 6.04 Å². The first-order valence-corrected chi connectivity index (χ1v) is 8.28. The number of hydrogen-bond acceptors (Lipinski definition) is 3. The van der Waals surface area contributed by atoms with E-state index in [1.54, 1.807) is 0 Å². The van der Waals surface area contributed by atoms with Gasteiger partial charge in [0.25, 0.3) is 0 Å². The average Bonchev–Trinajstić information content (AvgIpc) is 3.10. The molecule has 1 atom stereocenters. The van der Waals surface area contributed by atoms with Gasteiger partial charge in [0.05, 0.1) is 17.7 Å². The minimum absolute atomic E-state index is 0.185. The van der Waals surface area contributed by atoms with Crippen LogP contribution in [0.1, 0.15) is 49.8 Å². The molecule has 3 nitrogen and oxygen atoms in total. The lowest BCUT2D eigenvalue weighted by atomic mass is 10.1. The van der Waals surface area contributed by atoms with Crippen LogP contribution in [0.3, 0.4) is 0 Å². The molecule has 1 N–H and O–H groups in total. The molecule has 0 heterocycles. The molecule has 3 heteroatoms. The molecule has 23 heavy (non-hydrogen) atoms. The van der Waals surface area contributed by atoms with Gasteiger partial charge < -0.3 is 10.1 Å². The highest BCUT2D eigenvalue weighted by molar-refractivity contribution is 5.48. The van der Waals surface area contributed by atoms with Crippen molar-refractivity contribution >= 4 is 5.69 Å². The molecule has 0 radical (unpaired) electrons. The lowest BCUT2D eigenvalue weighted by Gasteiger charge is -2.17. The van der Waals surface area contributed by atoms with Gasteiger partial charge in [0, 0.05) is 11.7 Å². The molecule has 1 fully saturated rings. The van der Waals surface area contributed by atoms with Gasteiger partial charge in [-0.3, -0.25) is 0 Å². The van der Waals surface area contributed by atoms with Crippen LogP contribution in [0.2, 0.25) is 0 Å². The average molecular weight is 306 g/mol. The Labute approximate surface area is 137 Å². The summed E-state index contributed by atoms with van der Waals surface area (Å²) in [5, 5.41) is 12.3. The first-order valence-electron chi connectivity index (χ1n) is 8.28. The standard InChI is InChI=1S/C20H22N2O/c1-15(17-8-6-16(14-21)7-9-17)22-18-10-12-20(13-11-18)23-19-4-2-3-5-19/h6-13,15,19,22H,2-5H2,1H3. The van der Waals surface area contributed by atoms with Crippen LogP contribution >= 0.6 is 0 Å². The molecule has 0 amide bonds. The largest absolute Gasteiger partial charge is 0.490 e. The molecule has 0 bridgehead atoms. The minimum Gasteiger partial charge on any atom is -0.490 e. The highest BCUT2D eigenvalue weighted by Crippen LogP contribution is 2.26. The lowest BCUT2D eigenvalue weighted by Crippen LogP contribution is -2.11. The van der Waals surface area contributed by atoms with Crippen molar-refractivity contribution in [2.24, 2.45) is 0 Å². The SMILES string of the molecule is CC(Nc1ccc(OC2CCCC2)cc1)c1ccc(C#N)cc1. The number of nitrogens with one attached hydrogen (secondary N) is 1. The Morgan fingerprint density at radius 2 is 1.70 bits per heavy atom. The Bertz CT molecular complexity index is 664. The molecule has 3 rings (SSSR count). The van der Waals surface area contributed by atoms with Crippen LogP contribution in [0.15, 0.2) is 48.5 Å². The van der Waals surface area contributed by atoms with Crippen LogP contribution in [-0.4, -0.2) is 6.10 Å². The third kappa shape index (κ3) is 4.04. The molecular weight excluding hydrogens is 284 g/mol. The second-order valence-corrected chi connectivity index (χ2v) is 6.15. The van der Waals surface area contributed by atoms with E-state index >= 15 is 0 Å². The van der Waals surface area contributed by atoms with Gasteiger partial charge in [0.2, 0.25) is 0 Å². The molecule has 1 aliphatic carbocycles. The summed E-state index contributed by atoms with van der Waals surface area (Å²) < 4.78 is 5.99. The molecule has 0 aromatic heterocycles. The Morgan fingerprint density at radius 3 is 2.30 bits per heavy atom. The zero-order chi connectivity index (χ0) is 16.1. The molecule has 118 valence electrons. The van der Waals surface area contributed by atoms with Gasteiger partial charge in [0.15, 0.2) is 0 Å². The molecule has 1 unspecified atom stereocenters. The van der Waals surface area contributed by atoms with Gasteiger partial charge >= 0.3 is 0 Å². The number of nitriles is 1.